The van der Waals surface area contributed by atoms with Gasteiger partial charge in [0.05, 0.1) is 0 Å². The first-order valence-corrected chi connectivity index (χ1v) is 4.40. The maximum atomic E-state index is 12.6. The molecular weight excluding hydrogens is 362 g/mol. The Morgan fingerprint density at radius 1 is 0.364 bits per heavy atom. The van der Waals surface area contributed by atoms with E-state index in [-0.39, 0.29) is 0 Å². The van der Waals surface area contributed by atoms with E-state index in [9.17, 15) is 61.5 Å². The Morgan fingerprint density at radius 2 is 0.545 bits per heavy atom. The minimum Gasteiger partial charge on any atom is -0.201 e. The summed E-state index contributed by atoms with van der Waals surface area (Å²) in [5.41, 5.74) is -8.91. The summed E-state index contributed by atoms with van der Waals surface area (Å²) < 4.78 is 169. The third-order valence-corrected chi connectivity index (χ3v) is 1.75. The van der Waals surface area contributed by atoms with Crippen LogP contribution in [0.5, 0.6) is 0 Å². The minimum atomic E-state index is -6.91. The summed E-state index contributed by atoms with van der Waals surface area (Å²) in [7, 11) is 0. The molecule has 0 saturated heterocycles. The molecule has 0 spiro atoms. The molecule has 0 saturated carbocycles. The van der Waals surface area contributed by atoms with Gasteiger partial charge in [0.15, 0.2) is 0 Å². The Hall–Kier alpha value is -1.50. The fraction of sp³-hybridized carbons (Fsp3) is 0.500. The zero-order chi connectivity index (χ0) is 18.3. The quantitative estimate of drug-likeness (QED) is 0.416. The summed E-state index contributed by atoms with van der Waals surface area (Å²) in [6, 6.07) is 0. The van der Waals surface area contributed by atoms with Gasteiger partial charge in [-0.2, -0.15) is 52.7 Å². The summed E-state index contributed by atoms with van der Waals surface area (Å²) in [4.78, 5) is 0. The largest absolute Gasteiger partial charge is 0.443 e. The average molecular weight is 362 g/mol. The first-order chi connectivity index (χ1) is 9.31. The second kappa shape index (κ2) is 5.61. The molecule has 0 aliphatic rings. The van der Waals surface area contributed by atoms with Gasteiger partial charge in [0.1, 0.15) is 11.1 Å². The highest BCUT2D eigenvalue weighted by Crippen LogP contribution is 2.49. The molecule has 0 bridgehead atoms. The van der Waals surface area contributed by atoms with Crippen LogP contribution in [0.2, 0.25) is 0 Å². The monoisotopic (exact) mass is 362 g/mol. The Bertz CT molecular complexity index is 429. The number of halogens is 14. The summed E-state index contributed by atoms with van der Waals surface area (Å²) in [6.45, 7) is 0. The van der Waals surface area contributed by atoms with Gasteiger partial charge in [0, 0.05) is 0 Å². The van der Waals surface area contributed by atoms with Crippen LogP contribution in [0.1, 0.15) is 0 Å². The SMILES string of the molecule is F/C(=C(/C(=C(/F)C(F)(F)F)C(F)(F)F)C(F)(F)F)C(F)(F)F. The third kappa shape index (κ3) is 4.76. The lowest BCUT2D eigenvalue weighted by Gasteiger charge is -2.21. The lowest BCUT2D eigenvalue weighted by Crippen LogP contribution is -2.30. The molecule has 0 amide bonds. The van der Waals surface area contributed by atoms with Crippen molar-refractivity contribution in [1.82, 2.24) is 0 Å². The Morgan fingerprint density at radius 3 is 0.636 bits per heavy atom. The maximum Gasteiger partial charge on any atom is 0.443 e. The van der Waals surface area contributed by atoms with Gasteiger partial charge in [0.2, 0.25) is 11.7 Å². The van der Waals surface area contributed by atoms with E-state index in [1.165, 1.54) is 0 Å². The molecule has 0 atom stereocenters. The topological polar surface area (TPSA) is 0 Å². The molecule has 0 aliphatic heterocycles. The van der Waals surface area contributed by atoms with Crippen molar-refractivity contribution < 1.29 is 61.5 Å². The van der Waals surface area contributed by atoms with Gasteiger partial charge in [-0.3, -0.25) is 0 Å². The van der Waals surface area contributed by atoms with Crippen LogP contribution in [0.4, 0.5) is 61.5 Å². The standard InChI is InChI=1S/C8F14/c9-3(7(17,18)19)1(5(11,12)13)2(6(14,15)16)4(10)8(20,21)22/b3-1-,4-2-. The summed E-state index contributed by atoms with van der Waals surface area (Å²) >= 11 is 0. The van der Waals surface area contributed by atoms with Gasteiger partial charge >= 0.3 is 24.7 Å². The van der Waals surface area contributed by atoms with Crippen LogP contribution in [0, 0.1) is 0 Å². The van der Waals surface area contributed by atoms with Crippen LogP contribution in [-0.4, -0.2) is 24.7 Å². The van der Waals surface area contributed by atoms with Crippen molar-refractivity contribution in [3.05, 3.63) is 22.8 Å². The van der Waals surface area contributed by atoms with Crippen molar-refractivity contribution in [2.45, 2.75) is 24.7 Å². The number of rotatable bonds is 1. The zero-order valence-electron chi connectivity index (χ0n) is 9.29. The molecule has 0 heterocycles. The Balaban J connectivity index is 6.95. The number of allylic oxidation sites excluding steroid dienone is 4. The van der Waals surface area contributed by atoms with Crippen molar-refractivity contribution in [1.29, 1.82) is 0 Å². The van der Waals surface area contributed by atoms with E-state index in [0.717, 1.165) is 0 Å². The van der Waals surface area contributed by atoms with E-state index in [1.807, 2.05) is 0 Å². The van der Waals surface area contributed by atoms with E-state index in [4.69, 9.17) is 0 Å². The van der Waals surface area contributed by atoms with Gasteiger partial charge < -0.3 is 0 Å². The maximum absolute atomic E-state index is 12.6. The lowest BCUT2D eigenvalue weighted by atomic mass is 10.0. The number of alkyl halides is 12. The van der Waals surface area contributed by atoms with E-state index >= 15 is 0 Å². The normalized spacial score (nSPS) is 17.2. The van der Waals surface area contributed by atoms with Crippen LogP contribution >= 0.6 is 0 Å². The van der Waals surface area contributed by atoms with Crippen LogP contribution in [0.3, 0.4) is 0 Å². The van der Waals surface area contributed by atoms with Crippen LogP contribution in [-0.2, 0) is 0 Å². The molecule has 0 unspecified atom stereocenters. The van der Waals surface area contributed by atoms with Crippen molar-refractivity contribution in [2.75, 3.05) is 0 Å². The van der Waals surface area contributed by atoms with Crippen molar-refractivity contribution in [3.8, 4) is 0 Å². The van der Waals surface area contributed by atoms with E-state index in [1.54, 1.807) is 0 Å². The van der Waals surface area contributed by atoms with E-state index < -0.39 is 47.5 Å². The van der Waals surface area contributed by atoms with Gasteiger partial charge in [-0.25, -0.2) is 8.78 Å². The van der Waals surface area contributed by atoms with Crippen molar-refractivity contribution in [2.24, 2.45) is 0 Å². The Kier molecular flexibility index (Phi) is 5.22. The molecule has 14 heteroatoms. The molecule has 0 radical (unpaired) electrons. The van der Waals surface area contributed by atoms with Crippen LogP contribution in [0.25, 0.3) is 0 Å². The van der Waals surface area contributed by atoms with Crippen LogP contribution < -0.4 is 0 Å². The van der Waals surface area contributed by atoms with E-state index in [0.29, 0.717) is 0 Å². The highest BCUT2D eigenvalue weighted by molar-refractivity contribution is 5.44. The van der Waals surface area contributed by atoms with Gasteiger partial charge in [0.25, 0.3) is 0 Å². The van der Waals surface area contributed by atoms with Crippen LogP contribution in [0.15, 0.2) is 22.8 Å². The minimum absolute atomic E-state index is 4.46. The summed E-state index contributed by atoms with van der Waals surface area (Å²) in [5.74, 6) is -9.13. The molecule has 0 nitrogen and oxygen atoms in total. The smallest absolute Gasteiger partial charge is 0.201 e. The molecule has 130 valence electrons. The predicted octanol–water partition coefficient (Wildman–Crippen LogP) is 5.68. The van der Waals surface area contributed by atoms with Gasteiger partial charge in [-0.1, -0.05) is 0 Å². The molecule has 0 aromatic heterocycles. The molecule has 0 aliphatic carbocycles. The summed E-state index contributed by atoms with van der Waals surface area (Å²) in [5, 5.41) is 0. The number of hydrogen-bond donors (Lipinski definition) is 0. The second-order valence-electron chi connectivity index (χ2n) is 3.37. The first-order valence-electron chi connectivity index (χ1n) is 4.40. The number of hydrogen-bond acceptors (Lipinski definition) is 0. The molecular formula is C8F14. The second-order valence-corrected chi connectivity index (χ2v) is 3.37. The van der Waals surface area contributed by atoms with Crippen molar-refractivity contribution in [3.63, 3.8) is 0 Å². The average Bonchev–Trinajstić information content (AvgIpc) is 2.17. The van der Waals surface area contributed by atoms with Gasteiger partial charge in [-0.05, 0) is 0 Å². The van der Waals surface area contributed by atoms with E-state index in [2.05, 4.69) is 0 Å². The molecule has 0 N–H and O–H groups in total. The molecule has 22 heavy (non-hydrogen) atoms. The Labute approximate surface area is 110 Å². The predicted molar refractivity (Wildman–Crippen MR) is 40.5 cm³/mol. The molecule has 0 rings (SSSR count). The fourth-order valence-corrected chi connectivity index (χ4v) is 1.04. The third-order valence-electron chi connectivity index (χ3n) is 1.75. The molecule has 0 aromatic rings. The van der Waals surface area contributed by atoms with Gasteiger partial charge in [-0.15, -0.1) is 0 Å². The highest BCUT2D eigenvalue weighted by atomic mass is 19.4. The molecule has 0 aromatic carbocycles. The fourth-order valence-electron chi connectivity index (χ4n) is 1.04. The zero-order valence-corrected chi connectivity index (χ0v) is 9.29. The summed E-state index contributed by atoms with van der Waals surface area (Å²) in [6.07, 6.45) is -27.3. The lowest BCUT2D eigenvalue weighted by molar-refractivity contribution is -0.146. The molecule has 0 fully saturated rings. The van der Waals surface area contributed by atoms with Crippen molar-refractivity contribution >= 4 is 0 Å². The highest BCUT2D eigenvalue weighted by Gasteiger charge is 2.58. The first kappa shape index (κ1) is 20.5.